The van der Waals surface area contributed by atoms with Gasteiger partial charge in [-0.15, -0.1) is 5.06 Å². The van der Waals surface area contributed by atoms with E-state index in [-0.39, 0.29) is 0 Å². The maximum Gasteiger partial charge on any atom is 0.213 e. The second kappa shape index (κ2) is 4.49. The summed E-state index contributed by atoms with van der Waals surface area (Å²) in [6.45, 7) is 3.94. The van der Waals surface area contributed by atoms with Crippen LogP contribution in [0.5, 0.6) is 11.6 Å². The fourth-order valence-electron chi connectivity index (χ4n) is 1.65. The third-order valence-corrected chi connectivity index (χ3v) is 2.51. The van der Waals surface area contributed by atoms with Crippen molar-refractivity contribution in [1.82, 2.24) is 10.0 Å². The van der Waals surface area contributed by atoms with Gasteiger partial charge in [0.05, 0.1) is 12.8 Å². The Labute approximate surface area is 89.8 Å². The van der Waals surface area contributed by atoms with E-state index in [1.807, 2.05) is 24.1 Å². The van der Waals surface area contributed by atoms with Crippen molar-refractivity contribution >= 4 is 0 Å². The molecule has 1 aromatic rings. The van der Waals surface area contributed by atoms with Crippen molar-refractivity contribution in [3.8, 4) is 11.6 Å². The number of hydroxylamine groups is 2. The minimum Gasteiger partial charge on any atom is -0.481 e. The topological polar surface area (TPSA) is 34.6 Å². The molecule has 1 aliphatic heterocycles. The van der Waals surface area contributed by atoms with Crippen LogP contribution >= 0.6 is 0 Å². The summed E-state index contributed by atoms with van der Waals surface area (Å²) in [4.78, 5) is 9.98. The van der Waals surface area contributed by atoms with Crippen molar-refractivity contribution in [3.63, 3.8) is 0 Å². The molecule has 15 heavy (non-hydrogen) atoms. The molecule has 0 spiro atoms. The van der Waals surface area contributed by atoms with Crippen molar-refractivity contribution in [3.05, 3.63) is 17.8 Å². The molecule has 0 bridgehead atoms. The Morgan fingerprint density at radius 2 is 2.00 bits per heavy atom. The lowest BCUT2D eigenvalue weighted by molar-refractivity contribution is -0.0357. The first-order valence-electron chi connectivity index (χ1n) is 5.24. The average Bonchev–Trinajstić information content (AvgIpc) is 2.74. The standard InChI is InChI=1S/C11H16N2O2/c1-9-10(5-6-11(12-9)14-2)15-13-7-3-4-8-13/h5-6H,3-4,7-8H2,1-2H3. The molecule has 4 nitrogen and oxygen atoms in total. The van der Waals surface area contributed by atoms with Gasteiger partial charge in [-0.25, -0.2) is 4.98 Å². The molecule has 82 valence electrons. The summed E-state index contributed by atoms with van der Waals surface area (Å²) in [5.74, 6) is 1.44. The van der Waals surface area contributed by atoms with E-state index in [2.05, 4.69) is 4.98 Å². The summed E-state index contributed by atoms with van der Waals surface area (Å²) in [5.41, 5.74) is 0.862. The van der Waals surface area contributed by atoms with E-state index in [1.54, 1.807) is 7.11 Å². The number of nitrogens with zero attached hydrogens (tertiary/aromatic N) is 2. The van der Waals surface area contributed by atoms with Crippen molar-refractivity contribution in [2.24, 2.45) is 0 Å². The first-order valence-corrected chi connectivity index (χ1v) is 5.24. The predicted octanol–water partition coefficient (Wildman–Crippen LogP) is 1.79. The first-order chi connectivity index (χ1) is 7.29. The molecule has 0 radical (unpaired) electrons. The molecule has 0 N–H and O–H groups in total. The van der Waals surface area contributed by atoms with Crippen molar-refractivity contribution < 1.29 is 9.57 Å². The average molecular weight is 208 g/mol. The third kappa shape index (κ3) is 2.39. The number of hydrogen-bond donors (Lipinski definition) is 0. The number of aryl methyl sites for hydroxylation is 1. The fourth-order valence-corrected chi connectivity index (χ4v) is 1.65. The zero-order valence-electron chi connectivity index (χ0n) is 9.19. The summed E-state index contributed by atoms with van der Waals surface area (Å²) in [7, 11) is 1.61. The van der Waals surface area contributed by atoms with E-state index in [1.165, 1.54) is 12.8 Å². The Balaban J connectivity index is 2.07. The number of ether oxygens (including phenoxy) is 1. The fraction of sp³-hybridized carbons (Fsp3) is 0.545. The highest BCUT2D eigenvalue weighted by Crippen LogP contribution is 2.21. The molecular weight excluding hydrogens is 192 g/mol. The highest BCUT2D eigenvalue weighted by molar-refractivity contribution is 5.30. The van der Waals surface area contributed by atoms with Crippen LogP contribution in [0.2, 0.25) is 0 Å². The zero-order valence-corrected chi connectivity index (χ0v) is 9.19. The van der Waals surface area contributed by atoms with E-state index < -0.39 is 0 Å². The zero-order chi connectivity index (χ0) is 10.7. The number of pyridine rings is 1. The Morgan fingerprint density at radius 1 is 1.27 bits per heavy atom. The van der Waals surface area contributed by atoms with Gasteiger partial charge < -0.3 is 9.57 Å². The largest absolute Gasteiger partial charge is 0.481 e. The van der Waals surface area contributed by atoms with Crippen LogP contribution in [0.3, 0.4) is 0 Å². The monoisotopic (exact) mass is 208 g/mol. The minimum absolute atomic E-state index is 0.626. The Bertz CT molecular complexity index is 335. The summed E-state index contributed by atoms with van der Waals surface area (Å²) in [6, 6.07) is 3.72. The van der Waals surface area contributed by atoms with Gasteiger partial charge in [0.25, 0.3) is 0 Å². The molecule has 0 aromatic carbocycles. The molecule has 0 aliphatic carbocycles. The smallest absolute Gasteiger partial charge is 0.213 e. The quantitative estimate of drug-likeness (QED) is 0.758. The van der Waals surface area contributed by atoms with Gasteiger partial charge >= 0.3 is 0 Å². The highest BCUT2D eigenvalue weighted by atomic mass is 16.7. The summed E-state index contributed by atoms with van der Waals surface area (Å²) >= 11 is 0. The van der Waals surface area contributed by atoms with E-state index in [0.717, 1.165) is 24.5 Å². The first kappa shape index (κ1) is 10.2. The van der Waals surface area contributed by atoms with E-state index >= 15 is 0 Å². The number of rotatable bonds is 3. The highest BCUT2D eigenvalue weighted by Gasteiger charge is 2.14. The van der Waals surface area contributed by atoms with Crippen LogP contribution in [0, 0.1) is 6.92 Å². The van der Waals surface area contributed by atoms with Crippen LogP contribution in [-0.4, -0.2) is 30.2 Å². The van der Waals surface area contributed by atoms with Crippen LogP contribution in [0.4, 0.5) is 0 Å². The van der Waals surface area contributed by atoms with Crippen molar-refractivity contribution in [2.45, 2.75) is 19.8 Å². The second-order valence-electron chi connectivity index (χ2n) is 3.66. The molecule has 4 heteroatoms. The van der Waals surface area contributed by atoms with Crippen LogP contribution < -0.4 is 9.57 Å². The maximum absolute atomic E-state index is 5.72. The lowest BCUT2D eigenvalue weighted by Gasteiger charge is -2.17. The van der Waals surface area contributed by atoms with E-state index in [9.17, 15) is 0 Å². The van der Waals surface area contributed by atoms with Gasteiger partial charge in [0.2, 0.25) is 5.88 Å². The summed E-state index contributed by atoms with van der Waals surface area (Å²) < 4.78 is 5.04. The Morgan fingerprint density at radius 3 is 2.60 bits per heavy atom. The molecule has 0 amide bonds. The van der Waals surface area contributed by atoms with E-state index in [4.69, 9.17) is 9.57 Å². The van der Waals surface area contributed by atoms with Gasteiger partial charge in [-0.2, -0.15) is 0 Å². The Kier molecular flexibility index (Phi) is 3.06. The number of methoxy groups -OCH3 is 1. The molecule has 2 rings (SSSR count). The molecule has 2 heterocycles. The molecule has 1 saturated heterocycles. The van der Waals surface area contributed by atoms with Crippen LogP contribution in [0.1, 0.15) is 18.5 Å². The Hall–Kier alpha value is -1.29. The van der Waals surface area contributed by atoms with Gasteiger partial charge in [0, 0.05) is 19.2 Å². The summed E-state index contributed by atoms with van der Waals surface area (Å²) in [6.07, 6.45) is 2.42. The number of hydrogen-bond acceptors (Lipinski definition) is 4. The number of aromatic nitrogens is 1. The predicted molar refractivity (Wildman–Crippen MR) is 57.0 cm³/mol. The van der Waals surface area contributed by atoms with E-state index in [0.29, 0.717) is 5.88 Å². The molecule has 0 unspecified atom stereocenters. The molecule has 1 aromatic heterocycles. The maximum atomic E-state index is 5.72. The molecule has 1 fully saturated rings. The van der Waals surface area contributed by atoms with Crippen molar-refractivity contribution in [2.75, 3.05) is 20.2 Å². The SMILES string of the molecule is COc1ccc(ON2CCCC2)c(C)n1. The summed E-state index contributed by atoms with van der Waals surface area (Å²) in [5, 5.41) is 1.98. The van der Waals surface area contributed by atoms with Gasteiger partial charge in [-0.3, -0.25) is 0 Å². The van der Waals surface area contributed by atoms with Gasteiger partial charge in [0.1, 0.15) is 0 Å². The van der Waals surface area contributed by atoms with Gasteiger partial charge in [-0.1, -0.05) is 0 Å². The minimum atomic E-state index is 0.626. The molecule has 1 aliphatic rings. The normalized spacial score (nSPS) is 16.7. The van der Waals surface area contributed by atoms with Crippen LogP contribution in [-0.2, 0) is 0 Å². The van der Waals surface area contributed by atoms with Gasteiger partial charge in [-0.05, 0) is 25.8 Å². The third-order valence-electron chi connectivity index (χ3n) is 2.51. The lowest BCUT2D eigenvalue weighted by Crippen LogP contribution is -2.23. The molecule has 0 atom stereocenters. The van der Waals surface area contributed by atoms with Crippen molar-refractivity contribution in [1.29, 1.82) is 0 Å². The van der Waals surface area contributed by atoms with Crippen LogP contribution in [0.15, 0.2) is 12.1 Å². The molecule has 0 saturated carbocycles. The lowest BCUT2D eigenvalue weighted by atomic mass is 10.3. The second-order valence-corrected chi connectivity index (χ2v) is 3.66. The van der Waals surface area contributed by atoms with Crippen LogP contribution in [0.25, 0.3) is 0 Å². The van der Waals surface area contributed by atoms with Gasteiger partial charge in [0.15, 0.2) is 5.75 Å². The molecular formula is C11H16N2O2.